The van der Waals surface area contributed by atoms with Crippen molar-refractivity contribution in [2.75, 3.05) is 30.9 Å². The van der Waals surface area contributed by atoms with E-state index in [1.165, 1.54) is 18.3 Å². The Morgan fingerprint density at radius 1 is 1.28 bits per heavy atom. The quantitative estimate of drug-likeness (QED) is 0.729. The molecular weight excluding hydrogens is 278 g/mol. The molecule has 0 fully saturated rings. The third kappa shape index (κ3) is 4.24. The molecule has 102 valence electrons. The Hall–Kier alpha value is -1.19. The number of hydrogen-bond acceptors (Lipinski definition) is 6. The van der Waals surface area contributed by atoms with Crippen LogP contribution in [0.25, 0.3) is 0 Å². The fourth-order valence-electron chi connectivity index (χ4n) is 1.23. The molecule has 0 unspecified atom stereocenters. The molecule has 7 nitrogen and oxygen atoms in total. The molecule has 0 saturated heterocycles. The molecule has 9 heteroatoms. The molecule has 0 aliphatic carbocycles. The highest BCUT2D eigenvalue weighted by Gasteiger charge is 2.18. The van der Waals surface area contributed by atoms with Gasteiger partial charge in [0.2, 0.25) is 10.0 Å². The predicted molar refractivity (Wildman–Crippen MR) is 68.7 cm³/mol. The van der Waals surface area contributed by atoms with Crippen LogP contribution in [0.4, 0.5) is 5.82 Å². The summed E-state index contributed by atoms with van der Waals surface area (Å²) in [6, 6.07) is 2.88. The summed E-state index contributed by atoms with van der Waals surface area (Å²) in [5.41, 5.74) is 0. The third-order valence-electron chi connectivity index (χ3n) is 2.06. The van der Waals surface area contributed by atoms with E-state index < -0.39 is 19.9 Å². The van der Waals surface area contributed by atoms with Crippen LogP contribution in [0.1, 0.15) is 0 Å². The monoisotopic (exact) mass is 293 g/mol. The summed E-state index contributed by atoms with van der Waals surface area (Å²) in [7, 11) is -5.41. The average Bonchev–Trinajstić information content (AvgIpc) is 2.27. The van der Waals surface area contributed by atoms with Gasteiger partial charge < -0.3 is 5.32 Å². The highest BCUT2D eigenvalue weighted by atomic mass is 32.2. The van der Waals surface area contributed by atoms with E-state index in [1.807, 2.05) is 0 Å². The molecule has 0 aromatic carbocycles. The van der Waals surface area contributed by atoms with Crippen molar-refractivity contribution < 1.29 is 16.8 Å². The average molecular weight is 293 g/mol. The SMILES string of the molecule is CNc1ncccc1S(=O)(=O)NCCS(C)(=O)=O. The Labute approximate surface area is 107 Å². The van der Waals surface area contributed by atoms with Crippen LogP contribution < -0.4 is 10.0 Å². The van der Waals surface area contributed by atoms with Gasteiger partial charge in [-0.3, -0.25) is 0 Å². The zero-order valence-corrected chi connectivity index (χ0v) is 11.7. The molecule has 18 heavy (non-hydrogen) atoms. The molecule has 0 aliphatic rings. The summed E-state index contributed by atoms with van der Waals surface area (Å²) < 4.78 is 47.9. The van der Waals surface area contributed by atoms with Gasteiger partial charge >= 0.3 is 0 Å². The summed E-state index contributed by atoms with van der Waals surface area (Å²) in [6.07, 6.45) is 2.51. The van der Waals surface area contributed by atoms with Crippen molar-refractivity contribution >= 4 is 25.7 Å². The van der Waals surface area contributed by atoms with E-state index in [9.17, 15) is 16.8 Å². The summed E-state index contributed by atoms with van der Waals surface area (Å²) in [5, 5.41) is 2.66. The minimum atomic E-state index is -3.76. The van der Waals surface area contributed by atoms with E-state index >= 15 is 0 Å². The van der Waals surface area contributed by atoms with Gasteiger partial charge in [-0.1, -0.05) is 0 Å². The van der Waals surface area contributed by atoms with Gasteiger partial charge in [0.15, 0.2) is 0 Å². The maximum atomic E-state index is 11.9. The molecule has 0 radical (unpaired) electrons. The van der Waals surface area contributed by atoms with Crippen LogP contribution in [0.15, 0.2) is 23.2 Å². The molecule has 2 N–H and O–H groups in total. The van der Waals surface area contributed by atoms with Gasteiger partial charge in [0.05, 0.1) is 5.75 Å². The molecule has 0 aliphatic heterocycles. The summed E-state index contributed by atoms with van der Waals surface area (Å²) in [5.74, 6) is -0.0363. The van der Waals surface area contributed by atoms with Crippen molar-refractivity contribution in [2.45, 2.75) is 4.90 Å². The van der Waals surface area contributed by atoms with Gasteiger partial charge in [0, 0.05) is 26.0 Å². The minimum absolute atomic E-state index is 0.0130. The van der Waals surface area contributed by atoms with Crippen LogP contribution in [0.2, 0.25) is 0 Å². The number of rotatable bonds is 6. The fourth-order valence-corrected chi connectivity index (χ4v) is 3.03. The van der Waals surface area contributed by atoms with Crippen molar-refractivity contribution in [1.29, 1.82) is 0 Å². The van der Waals surface area contributed by atoms with E-state index in [0.717, 1.165) is 6.26 Å². The van der Waals surface area contributed by atoms with Crippen molar-refractivity contribution in [3.8, 4) is 0 Å². The molecule has 0 spiro atoms. The topological polar surface area (TPSA) is 105 Å². The number of sulfone groups is 1. The highest BCUT2D eigenvalue weighted by molar-refractivity contribution is 7.91. The second-order valence-electron chi connectivity index (χ2n) is 3.63. The molecule has 1 rings (SSSR count). The Bertz CT molecular complexity index is 610. The minimum Gasteiger partial charge on any atom is -0.372 e. The lowest BCUT2D eigenvalue weighted by Gasteiger charge is -2.09. The van der Waals surface area contributed by atoms with Gasteiger partial charge in [-0.05, 0) is 12.1 Å². The lowest BCUT2D eigenvalue weighted by atomic mass is 10.5. The molecule has 0 bridgehead atoms. The number of sulfonamides is 1. The van der Waals surface area contributed by atoms with Crippen molar-refractivity contribution in [2.24, 2.45) is 0 Å². The first-order valence-corrected chi connectivity index (χ1v) is 8.61. The number of nitrogens with zero attached hydrogens (tertiary/aromatic N) is 1. The summed E-state index contributed by atoms with van der Waals surface area (Å²) >= 11 is 0. The second-order valence-corrected chi connectivity index (χ2v) is 7.62. The number of nitrogens with one attached hydrogen (secondary N) is 2. The molecular formula is C9H15N3O4S2. The number of anilines is 1. The molecule has 0 atom stereocenters. The molecule has 1 aromatic rings. The normalized spacial score (nSPS) is 12.3. The van der Waals surface area contributed by atoms with Gasteiger partial charge in [-0.15, -0.1) is 0 Å². The standard InChI is InChI=1S/C9H15N3O4S2/c1-10-9-8(4-3-5-11-9)18(15,16)12-6-7-17(2,13)14/h3-5,12H,6-7H2,1-2H3,(H,10,11). The van der Waals surface area contributed by atoms with Gasteiger partial charge in [-0.25, -0.2) is 26.5 Å². The van der Waals surface area contributed by atoms with Gasteiger partial charge in [-0.2, -0.15) is 0 Å². The van der Waals surface area contributed by atoms with Crippen molar-refractivity contribution in [3.63, 3.8) is 0 Å². The first-order chi connectivity index (χ1) is 8.26. The van der Waals surface area contributed by atoms with Crippen molar-refractivity contribution in [1.82, 2.24) is 9.71 Å². The summed E-state index contributed by atoms with van der Waals surface area (Å²) in [4.78, 5) is 3.86. The zero-order valence-electron chi connectivity index (χ0n) is 10.0. The Balaban J connectivity index is 2.87. The van der Waals surface area contributed by atoms with E-state index in [1.54, 1.807) is 7.05 Å². The number of aromatic nitrogens is 1. The van der Waals surface area contributed by atoms with E-state index in [-0.39, 0.29) is 23.0 Å². The molecule has 1 aromatic heterocycles. The van der Waals surface area contributed by atoms with Crippen LogP contribution in [0, 0.1) is 0 Å². The lowest BCUT2D eigenvalue weighted by Crippen LogP contribution is -2.29. The fraction of sp³-hybridized carbons (Fsp3) is 0.444. The van der Waals surface area contributed by atoms with Crippen LogP contribution in [0.5, 0.6) is 0 Å². The second kappa shape index (κ2) is 5.63. The Morgan fingerprint density at radius 3 is 2.50 bits per heavy atom. The van der Waals surface area contributed by atoms with Crippen LogP contribution in [-0.4, -0.2) is 47.4 Å². The first kappa shape index (κ1) is 14.9. The maximum Gasteiger partial charge on any atom is 0.244 e. The van der Waals surface area contributed by atoms with Gasteiger partial charge in [0.25, 0.3) is 0 Å². The highest BCUT2D eigenvalue weighted by Crippen LogP contribution is 2.16. The number of pyridine rings is 1. The van der Waals surface area contributed by atoms with Crippen molar-refractivity contribution in [3.05, 3.63) is 18.3 Å². The Kier molecular flexibility index (Phi) is 4.65. The molecule has 1 heterocycles. The lowest BCUT2D eigenvalue weighted by molar-refractivity contribution is 0.582. The van der Waals surface area contributed by atoms with Gasteiger partial charge in [0.1, 0.15) is 20.6 Å². The van der Waals surface area contributed by atoms with Crippen LogP contribution in [0.3, 0.4) is 0 Å². The van der Waals surface area contributed by atoms with E-state index in [2.05, 4.69) is 15.0 Å². The number of hydrogen-bond donors (Lipinski definition) is 2. The third-order valence-corrected chi connectivity index (χ3v) is 4.50. The Morgan fingerprint density at radius 2 is 1.94 bits per heavy atom. The smallest absolute Gasteiger partial charge is 0.244 e. The predicted octanol–water partition coefficient (Wildman–Crippen LogP) is -0.554. The summed E-state index contributed by atoms with van der Waals surface area (Å²) in [6.45, 7) is -0.167. The van der Waals surface area contributed by atoms with E-state index in [4.69, 9.17) is 0 Å². The first-order valence-electron chi connectivity index (χ1n) is 5.06. The largest absolute Gasteiger partial charge is 0.372 e. The maximum absolute atomic E-state index is 11.9. The van der Waals surface area contributed by atoms with E-state index in [0.29, 0.717) is 0 Å². The zero-order chi connectivity index (χ0) is 13.8. The van der Waals surface area contributed by atoms with Crippen LogP contribution in [-0.2, 0) is 19.9 Å². The van der Waals surface area contributed by atoms with Crippen LogP contribution >= 0.6 is 0 Å². The molecule has 0 saturated carbocycles. The molecule has 0 amide bonds.